The molecule has 0 heterocycles. The van der Waals surface area contributed by atoms with Crippen molar-refractivity contribution in [2.24, 2.45) is 0 Å². The summed E-state index contributed by atoms with van der Waals surface area (Å²) in [5, 5.41) is 10.9. The lowest BCUT2D eigenvalue weighted by atomic mass is 9.78. The average molecular weight is 345 g/mol. The van der Waals surface area contributed by atoms with Gasteiger partial charge in [-0.2, -0.15) is 0 Å². The van der Waals surface area contributed by atoms with Gasteiger partial charge in [-0.1, -0.05) is 58.7 Å². The van der Waals surface area contributed by atoms with Gasteiger partial charge in [0.25, 0.3) is 0 Å². The highest BCUT2D eigenvalue weighted by Gasteiger charge is 2.26. The largest absolute Gasteiger partial charge is 0.385 e. The Bertz CT molecular complexity index is 612. The minimum Gasteiger partial charge on any atom is -0.385 e. The number of halogens is 1. The second-order valence-corrected chi connectivity index (χ2v) is 7.25. The summed E-state index contributed by atoms with van der Waals surface area (Å²) in [6, 6.07) is 16.7. The van der Waals surface area contributed by atoms with Gasteiger partial charge in [-0.15, -0.1) is 0 Å². The number of hydrogen-bond donors (Lipinski definition) is 1. The monoisotopic (exact) mass is 344 g/mol. The van der Waals surface area contributed by atoms with E-state index in [1.165, 1.54) is 24.8 Å². The van der Waals surface area contributed by atoms with Crippen molar-refractivity contribution >= 4 is 15.9 Å². The first kappa shape index (κ1) is 14.8. The molecular weight excluding hydrogens is 324 g/mol. The molecule has 1 N–H and O–H groups in total. The molecule has 2 aromatic rings. The molecule has 2 heteroatoms. The van der Waals surface area contributed by atoms with Gasteiger partial charge in [0.1, 0.15) is 0 Å². The Morgan fingerprint density at radius 2 is 1.86 bits per heavy atom. The quantitative estimate of drug-likeness (QED) is 0.811. The molecular formula is C19H21BrO. The van der Waals surface area contributed by atoms with Crippen LogP contribution in [0.2, 0.25) is 0 Å². The van der Waals surface area contributed by atoms with Crippen LogP contribution in [0.1, 0.15) is 48.8 Å². The molecule has 0 saturated heterocycles. The molecule has 1 aliphatic carbocycles. The van der Waals surface area contributed by atoms with Gasteiger partial charge in [0.05, 0.1) is 5.60 Å². The summed E-state index contributed by atoms with van der Waals surface area (Å²) in [4.78, 5) is 0. The maximum Gasteiger partial charge on any atom is 0.0908 e. The summed E-state index contributed by atoms with van der Waals surface area (Å²) in [6.45, 7) is 1.91. The van der Waals surface area contributed by atoms with Gasteiger partial charge in [0.2, 0.25) is 0 Å². The Hall–Kier alpha value is -1.12. The highest BCUT2D eigenvalue weighted by Crippen LogP contribution is 2.38. The van der Waals surface area contributed by atoms with Gasteiger partial charge in [-0.3, -0.25) is 0 Å². The second kappa shape index (κ2) is 5.94. The molecule has 1 fully saturated rings. The Labute approximate surface area is 135 Å². The van der Waals surface area contributed by atoms with Crippen LogP contribution in [0.4, 0.5) is 0 Å². The highest BCUT2D eigenvalue weighted by atomic mass is 79.9. The van der Waals surface area contributed by atoms with Crippen LogP contribution in [0.3, 0.4) is 0 Å². The minimum atomic E-state index is -0.826. The van der Waals surface area contributed by atoms with Crippen molar-refractivity contribution in [2.45, 2.75) is 44.1 Å². The predicted molar refractivity (Wildman–Crippen MR) is 90.5 cm³/mol. The third-order valence-corrected chi connectivity index (χ3v) is 5.08. The molecule has 0 bridgehead atoms. The third-order valence-electron chi connectivity index (χ3n) is 4.55. The van der Waals surface area contributed by atoms with Crippen LogP contribution in [-0.2, 0) is 12.0 Å². The van der Waals surface area contributed by atoms with Crippen molar-refractivity contribution in [3.63, 3.8) is 0 Å². The van der Waals surface area contributed by atoms with Crippen molar-refractivity contribution in [2.75, 3.05) is 0 Å². The van der Waals surface area contributed by atoms with Crippen molar-refractivity contribution in [1.29, 1.82) is 0 Å². The van der Waals surface area contributed by atoms with E-state index in [2.05, 4.69) is 46.3 Å². The smallest absolute Gasteiger partial charge is 0.0908 e. The minimum absolute atomic E-state index is 0.633. The molecule has 0 radical (unpaired) electrons. The fourth-order valence-corrected chi connectivity index (χ4v) is 3.24. The zero-order valence-electron chi connectivity index (χ0n) is 12.3. The zero-order chi connectivity index (χ0) is 14.9. The van der Waals surface area contributed by atoms with Gasteiger partial charge in [0.15, 0.2) is 0 Å². The van der Waals surface area contributed by atoms with E-state index in [9.17, 15) is 5.11 Å². The van der Waals surface area contributed by atoms with E-state index in [1.807, 2.05) is 25.1 Å². The maximum absolute atomic E-state index is 10.9. The molecule has 110 valence electrons. The van der Waals surface area contributed by atoms with Crippen LogP contribution in [0.5, 0.6) is 0 Å². The predicted octanol–water partition coefficient (Wildman–Crippen LogP) is 5.17. The number of hydrogen-bond acceptors (Lipinski definition) is 1. The fraction of sp³-hybridized carbons (Fsp3) is 0.368. The molecule has 0 amide bonds. The Morgan fingerprint density at radius 1 is 1.14 bits per heavy atom. The number of benzene rings is 2. The van der Waals surface area contributed by atoms with Crippen LogP contribution >= 0.6 is 15.9 Å². The lowest BCUT2D eigenvalue weighted by molar-refractivity contribution is 0.0575. The third kappa shape index (κ3) is 3.38. The molecule has 0 aliphatic heterocycles. The van der Waals surface area contributed by atoms with Crippen molar-refractivity contribution < 1.29 is 5.11 Å². The van der Waals surface area contributed by atoms with E-state index in [1.54, 1.807) is 0 Å². The molecule has 2 aromatic carbocycles. The number of rotatable bonds is 4. The maximum atomic E-state index is 10.9. The van der Waals surface area contributed by atoms with E-state index < -0.39 is 5.60 Å². The Kier molecular flexibility index (Phi) is 4.19. The van der Waals surface area contributed by atoms with Crippen LogP contribution in [0, 0.1) is 0 Å². The lowest BCUT2D eigenvalue weighted by Gasteiger charge is -2.29. The van der Waals surface area contributed by atoms with Gasteiger partial charge in [-0.25, -0.2) is 0 Å². The normalized spacial score (nSPS) is 18.0. The summed E-state index contributed by atoms with van der Waals surface area (Å²) in [5.74, 6) is 0.702. The van der Waals surface area contributed by atoms with Crippen molar-refractivity contribution in [3.05, 3.63) is 69.7 Å². The van der Waals surface area contributed by atoms with Gasteiger partial charge in [0, 0.05) is 10.9 Å². The van der Waals surface area contributed by atoms with Crippen LogP contribution in [-0.4, -0.2) is 5.11 Å². The van der Waals surface area contributed by atoms with Crippen LogP contribution < -0.4 is 0 Å². The van der Waals surface area contributed by atoms with E-state index in [0.29, 0.717) is 12.3 Å². The zero-order valence-corrected chi connectivity index (χ0v) is 13.9. The molecule has 3 rings (SSSR count). The van der Waals surface area contributed by atoms with E-state index in [4.69, 9.17) is 0 Å². The SMILES string of the molecule is CC(O)(Cc1ccc(Br)cc1)c1cccc(C2CCC2)c1. The van der Waals surface area contributed by atoms with E-state index >= 15 is 0 Å². The molecule has 1 saturated carbocycles. The van der Waals surface area contributed by atoms with Gasteiger partial charge in [-0.05, 0) is 54.5 Å². The topological polar surface area (TPSA) is 20.2 Å². The summed E-state index contributed by atoms with van der Waals surface area (Å²) >= 11 is 3.45. The fourth-order valence-electron chi connectivity index (χ4n) is 2.97. The first-order chi connectivity index (χ1) is 10.0. The molecule has 1 nitrogen and oxygen atoms in total. The molecule has 21 heavy (non-hydrogen) atoms. The van der Waals surface area contributed by atoms with Gasteiger partial charge < -0.3 is 5.11 Å². The summed E-state index contributed by atoms with van der Waals surface area (Å²) in [5.41, 5.74) is 2.73. The highest BCUT2D eigenvalue weighted by molar-refractivity contribution is 9.10. The summed E-state index contributed by atoms with van der Waals surface area (Å²) in [7, 11) is 0. The second-order valence-electron chi connectivity index (χ2n) is 6.33. The Morgan fingerprint density at radius 3 is 2.48 bits per heavy atom. The van der Waals surface area contributed by atoms with E-state index in [-0.39, 0.29) is 0 Å². The first-order valence-corrected chi connectivity index (χ1v) is 8.41. The lowest BCUT2D eigenvalue weighted by Crippen LogP contribution is -2.24. The molecule has 1 atom stereocenters. The summed E-state index contributed by atoms with van der Waals surface area (Å²) < 4.78 is 1.07. The average Bonchev–Trinajstić information content (AvgIpc) is 2.40. The standard InChI is InChI=1S/C19H21BrO/c1-19(21,13-14-8-10-18(20)11-9-14)17-7-3-6-16(12-17)15-4-2-5-15/h3,6-12,15,21H,2,4-5,13H2,1H3. The molecule has 1 aliphatic rings. The molecule has 0 aromatic heterocycles. The van der Waals surface area contributed by atoms with Crippen LogP contribution in [0.25, 0.3) is 0 Å². The summed E-state index contributed by atoms with van der Waals surface area (Å²) in [6.07, 6.45) is 4.55. The Balaban J connectivity index is 1.81. The van der Waals surface area contributed by atoms with Crippen molar-refractivity contribution in [3.8, 4) is 0 Å². The van der Waals surface area contributed by atoms with Crippen LogP contribution in [0.15, 0.2) is 53.0 Å². The first-order valence-electron chi connectivity index (χ1n) is 7.62. The number of aliphatic hydroxyl groups is 1. The molecule has 1 unspecified atom stereocenters. The van der Waals surface area contributed by atoms with E-state index in [0.717, 1.165) is 15.6 Å². The van der Waals surface area contributed by atoms with Gasteiger partial charge >= 0.3 is 0 Å². The molecule has 0 spiro atoms. The van der Waals surface area contributed by atoms with Crippen molar-refractivity contribution in [1.82, 2.24) is 0 Å².